The van der Waals surface area contributed by atoms with Crippen molar-refractivity contribution in [3.8, 4) is 11.3 Å². The third kappa shape index (κ3) is 2.86. The quantitative estimate of drug-likeness (QED) is 0.790. The van der Waals surface area contributed by atoms with Crippen molar-refractivity contribution in [2.45, 2.75) is 13.5 Å². The van der Waals surface area contributed by atoms with E-state index in [0.29, 0.717) is 17.1 Å². The van der Waals surface area contributed by atoms with E-state index in [9.17, 15) is 4.79 Å². The summed E-state index contributed by atoms with van der Waals surface area (Å²) in [5, 5.41) is 11.1. The molecule has 0 radical (unpaired) electrons. The van der Waals surface area contributed by atoms with Crippen molar-refractivity contribution >= 4 is 17.4 Å². The number of aryl methyl sites for hydroxylation is 2. The van der Waals surface area contributed by atoms with Gasteiger partial charge in [0, 0.05) is 25.0 Å². The fourth-order valence-electron chi connectivity index (χ4n) is 2.10. The number of nitrogens with one attached hydrogen (secondary N) is 1. The average molecular weight is 314 g/mol. The predicted molar refractivity (Wildman–Crippen MR) is 82.3 cm³/mol. The molecule has 7 nitrogen and oxygen atoms in total. The second kappa shape index (κ2) is 6.02. The summed E-state index contributed by atoms with van der Waals surface area (Å²) in [6.45, 7) is 2.12. The minimum Gasteiger partial charge on any atom is -0.346 e. The molecule has 1 N–H and O–H groups in total. The Labute approximate surface area is 131 Å². The molecule has 3 rings (SSSR count). The highest BCUT2D eigenvalue weighted by Gasteiger charge is 2.14. The van der Waals surface area contributed by atoms with Gasteiger partial charge in [-0.15, -0.1) is 5.10 Å². The van der Waals surface area contributed by atoms with Crippen LogP contribution in [0.25, 0.3) is 11.3 Å². The molecule has 3 heterocycles. The molecule has 0 atom stereocenters. The lowest BCUT2D eigenvalue weighted by Gasteiger charge is -2.00. The zero-order chi connectivity index (χ0) is 15.5. The first-order valence-corrected chi connectivity index (χ1v) is 7.43. The maximum absolute atomic E-state index is 12.0. The smallest absolute Gasteiger partial charge is 0.265 e. The number of pyridine rings is 1. The van der Waals surface area contributed by atoms with Gasteiger partial charge in [0.15, 0.2) is 0 Å². The van der Waals surface area contributed by atoms with Gasteiger partial charge in [-0.05, 0) is 36.7 Å². The van der Waals surface area contributed by atoms with Crippen LogP contribution in [0.15, 0.2) is 30.6 Å². The minimum atomic E-state index is -0.177. The highest BCUT2D eigenvalue weighted by molar-refractivity contribution is 7.07. The number of nitrogens with zero attached hydrogens (tertiary/aromatic N) is 5. The number of carbonyl (C=O) groups is 1. The van der Waals surface area contributed by atoms with Gasteiger partial charge in [-0.2, -0.15) is 5.10 Å². The van der Waals surface area contributed by atoms with Crippen molar-refractivity contribution < 1.29 is 4.79 Å². The van der Waals surface area contributed by atoms with Crippen LogP contribution in [0, 0.1) is 6.92 Å². The maximum Gasteiger partial charge on any atom is 0.265 e. The first-order valence-electron chi connectivity index (χ1n) is 6.65. The Morgan fingerprint density at radius 1 is 1.36 bits per heavy atom. The number of carbonyl (C=O) groups excluding carboxylic acids is 1. The van der Waals surface area contributed by atoms with Crippen molar-refractivity contribution in [3.05, 3.63) is 46.9 Å². The second-order valence-corrected chi connectivity index (χ2v) is 5.50. The number of rotatable bonds is 4. The Morgan fingerprint density at radius 2 is 2.14 bits per heavy atom. The zero-order valence-corrected chi connectivity index (χ0v) is 13.0. The van der Waals surface area contributed by atoms with Crippen molar-refractivity contribution in [3.63, 3.8) is 0 Å². The first kappa shape index (κ1) is 14.3. The largest absolute Gasteiger partial charge is 0.346 e. The van der Waals surface area contributed by atoms with Crippen LogP contribution in [0.1, 0.15) is 21.1 Å². The lowest BCUT2D eigenvalue weighted by atomic mass is 10.2. The molecule has 0 aliphatic rings. The molecule has 3 aromatic rings. The van der Waals surface area contributed by atoms with Crippen LogP contribution >= 0.6 is 11.5 Å². The lowest BCUT2D eigenvalue weighted by molar-refractivity contribution is 0.0953. The van der Waals surface area contributed by atoms with E-state index in [1.807, 2.05) is 25.2 Å². The summed E-state index contributed by atoms with van der Waals surface area (Å²) < 4.78 is 5.55. The van der Waals surface area contributed by atoms with E-state index in [1.165, 1.54) is 0 Å². The number of hydrogen-bond acceptors (Lipinski definition) is 6. The van der Waals surface area contributed by atoms with Crippen LogP contribution in [0.3, 0.4) is 0 Å². The molecule has 0 aliphatic heterocycles. The van der Waals surface area contributed by atoms with Gasteiger partial charge in [-0.1, -0.05) is 4.49 Å². The van der Waals surface area contributed by atoms with Crippen LogP contribution in [0.5, 0.6) is 0 Å². The summed E-state index contributed by atoms with van der Waals surface area (Å²) in [6.07, 6.45) is 3.48. The van der Waals surface area contributed by atoms with E-state index in [1.54, 1.807) is 24.0 Å². The van der Waals surface area contributed by atoms with Gasteiger partial charge in [-0.3, -0.25) is 14.5 Å². The molecule has 0 aliphatic carbocycles. The van der Waals surface area contributed by atoms with Crippen molar-refractivity contribution in [1.82, 2.24) is 29.7 Å². The summed E-state index contributed by atoms with van der Waals surface area (Å²) >= 11 is 1.09. The Kier molecular flexibility index (Phi) is 3.92. The minimum absolute atomic E-state index is 0.177. The van der Waals surface area contributed by atoms with Gasteiger partial charge in [0.1, 0.15) is 4.88 Å². The van der Waals surface area contributed by atoms with E-state index in [2.05, 4.69) is 25.0 Å². The van der Waals surface area contributed by atoms with Gasteiger partial charge in [0.25, 0.3) is 5.91 Å². The molecule has 3 aromatic heterocycles. The monoisotopic (exact) mass is 314 g/mol. The third-order valence-corrected chi connectivity index (χ3v) is 4.02. The van der Waals surface area contributed by atoms with Crippen molar-refractivity contribution in [1.29, 1.82) is 0 Å². The zero-order valence-electron chi connectivity index (χ0n) is 12.1. The average Bonchev–Trinajstić information content (AvgIpc) is 3.11. The first-order chi connectivity index (χ1) is 10.6. The summed E-state index contributed by atoms with van der Waals surface area (Å²) in [5.41, 5.74) is 3.44. The molecular formula is C14H14N6OS. The molecule has 0 fully saturated rings. The van der Waals surface area contributed by atoms with Crippen LogP contribution in [-0.4, -0.2) is 30.3 Å². The summed E-state index contributed by atoms with van der Waals surface area (Å²) in [4.78, 5) is 16.6. The van der Waals surface area contributed by atoms with E-state index >= 15 is 0 Å². The van der Waals surface area contributed by atoms with E-state index in [4.69, 9.17) is 0 Å². The Morgan fingerprint density at radius 3 is 2.82 bits per heavy atom. The van der Waals surface area contributed by atoms with Gasteiger partial charge in [0.05, 0.1) is 23.6 Å². The third-order valence-electron chi connectivity index (χ3n) is 3.19. The Hall–Kier alpha value is -2.61. The van der Waals surface area contributed by atoms with Crippen LogP contribution in [0.4, 0.5) is 0 Å². The van der Waals surface area contributed by atoms with Gasteiger partial charge in [0.2, 0.25) is 0 Å². The van der Waals surface area contributed by atoms with Crippen LogP contribution < -0.4 is 5.32 Å². The molecule has 112 valence electrons. The Bertz CT molecular complexity index is 795. The van der Waals surface area contributed by atoms with Gasteiger partial charge in [-0.25, -0.2) is 0 Å². The SMILES string of the molecule is Cc1nnsc1C(=O)NCc1cc(-c2ccncc2)n(C)n1. The fraction of sp³-hybridized carbons (Fsp3) is 0.214. The lowest BCUT2D eigenvalue weighted by Crippen LogP contribution is -2.22. The highest BCUT2D eigenvalue weighted by Crippen LogP contribution is 2.18. The second-order valence-electron chi connectivity index (χ2n) is 4.75. The normalized spacial score (nSPS) is 10.6. The van der Waals surface area contributed by atoms with Crippen molar-refractivity contribution in [2.24, 2.45) is 7.05 Å². The molecule has 0 aromatic carbocycles. The van der Waals surface area contributed by atoms with Gasteiger partial charge >= 0.3 is 0 Å². The van der Waals surface area contributed by atoms with E-state index in [-0.39, 0.29) is 5.91 Å². The van der Waals surface area contributed by atoms with Gasteiger partial charge < -0.3 is 5.32 Å². The molecule has 0 spiro atoms. The molecule has 22 heavy (non-hydrogen) atoms. The van der Waals surface area contributed by atoms with E-state index in [0.717, 1.165) is 28.5 Å². The van der Waals surface area contributed by atoms with E-state index < -0.39 is 0 Å². The van der Waals surface area contributed by atoms with Crippen molar-refractivity contribution in [2.75, 3.05) is 0 Å². The number of hydrogen-bond donors (Lipinski definition) is 1. The topological polar surface area (TPSA) is 85.6 Å². The fourth-order valence-corrected chi connectivity index (χ4v) is 2.67. The molecular weight excluding hydrogens is 300 g/mol. The summed E-state index contributed by atoms with van der Waals surface area (Å²) in [5.74, 6) is -0.177. The molecule has 8 heteroatoms. The molecule has 0 saturated heterocycles. The standard InChI is InChI=1S/C14H14N6OS/c1-9-13(22-19-17-9)14(21)16-8-11-7-12(20(2)18-11)10-3-5-15-6-4-10/h3-7H,8H2,1-2H3,(H,16,21). The van der Waals surface area contributed by atoms with Crippen LogP contribution in [0.2, 0.25) is 0 Å². The summed E-state index contributed by atoms with van der Waals surface area (Å²) in [7, 11) is 1.87. The molecule has 0 unspecified atom stereocenters. The molecule has 0 bridgehead atoms. The number of amides is 1. The Balaban J connectivity index is 1.72. The molecule has 1 amide bonds. The van der Waals surface area contributed by atoms with Crippen LogP contribution in [-0.2, 0) is 13.6 Å². The summed E-state index contributed by atoms with van der Waals surface area (Å²) in [6, 6.07) is 5.80. The maximum atomic E-state index is 12.0. The predicted octanol–water partition coefficient (Wildman–Crippen LogP) is 1.57. The number of aromatic nitrogens is 5. The highest BCUT2D eigenvalue weighted by atomic mass is 32.1. The molecule has 0 saturated carbocycles.